The van der Waals surface area contributed by atoms with Crippen LogP contribution in [-0.2, 0) is 21.4 Å². The summed E-state index contributed by atoms with van der Waals surface area (Å²) in [5.41, 5.74) is 1.85. The number of para-hydroxylation sites is 1. The van der Waals surface area contributed by atoms with Gasteiger partial charge in [-0.3, -0.25) is 14.5 Å². The van der Waals surface area contributed by atoms with E-state index in [1.807, 2.05) is 45.5 Å². The normalized spacial score (nSPS) is 20.9. The Morgan fingerprint density at radius 1 is 1.10 bits per heavy atom. The third-order valence-electron chi connectivity index (χ3n) is 6.11. The van der Waals surface area contributed by atoms with Crippen molar-refractivity contribution in [3.8, 4) is 0 Å². The molecule has 2 aliphatic rings. The Kier molecular flexibility index (Phi) is 6.44. The van der Waals surface area contributed by atoms with Crippen molar-refractivity contribution in [3.05, 3.63) is 46.4 Å². The van der Waals surface area contributed by atoms with Crippen LogP contribution in [0.25, 0.3) is 0 Å². The molecule has 0 aliphatic carbocycles. The molecule has 166 valence electrons. The second-order valence-electron chi connectivity index (χ2n) is 9.47. The number of hydrogen-bond acceptors (Lipinski definition) is 5. The number of carbonyl (C=O) groups excluding carboxylic acids is 2. The molecule has 0 bridgehead atoms. The molecule has 1 atom stereocenters. The van der Waals surface area contributed by atoms with Gasteiger partial charge in [0, 0.05) is 49.2 Å². The first-order valence-corrected chi connectivity index (χ1v) is 12.0. The standard InChI is InChI=1S/C24H32N4O2S/c1-24(2,3)23-25-18(17-31-23)16-21(29)27-14-12-26(13-15-27)20-10-7-11-28(22(20)30)19-8-5-4-6-9-19/h4-6,8-9,17,20H,7,10-16H2,1-3H3/t20-/m1/s1. The summed E-state index contributed by atoms with van der Waals surface area (Å²) in [6.45, 7) is 10.0. The number of piperazine rings is 1. The second-order valence-corrected chi connectivity index (χ2v) is 10.3. The maximum Gasteiger partial charge on any atom is 0.244 e. The van der Waals surface area contributed by atoms with E-state index in [1.54, 1.807) is 11.3 Å². The highest BCUT2D eigenvalue weighted by Gasteiger charge is 2.36. The van der Waals surface area contributed by atoms with Gasteiger partial charge in [-0.25, -0.2) is 4.98 Å². The molecule has 2 saturated heterocycles. The Morgan fingerprint density at radius 2 is 1.81 bits per heavy atom. The van der Waals surface area contributed by atoms with Crippen molar-refractivity contribution in [1.82, 2.24) is 14.8 Å². The Hall–Kier alpha value is -2.25. The van der Waals surface area contributed by atoms with Gasteiger partial charge in [-0.15, -0.1) is 11.3 Å². The predicted molar refractivity (Wildman–Crippen MR) is 124 cm³/mol. The fourth-order valence-corrected chi connectivity index (χ4v) is 5.25. The summed E-state index contributed by atoms with van der Waals surface area (Å²) >= 11 is 1.63. The lowest BCUT2D eigenvalue weighted by atomic mass is 9.98. The van der Waals surface area contributed by atoms with Gasteiger partial charge in [0.25, 0.3) is 0 Å². The first kappa shape index (κ1) is 22.0. The highest BCUT2D eigenvalue weighted by molar-refractivity contribution is 7.09. The van der Waals surface area contributed by atoms with Gasteiger partial charge in [0.2, 0.25) is 11.8 Å². The van der Waals surface area contributed by atoms with Crippen molar-refractivity contribution in [3.63, 3.8) is 0 Å². The monoisotopic (exact) mass is 440 g/mol. The molecule has 1 aromatic heterocycles. The molecular weight excluding hydrogens is 408 g/mol. The molecule has 0 radical (unpaired) electrons. The van der Waals surface area contributed by atoms with Gasteiger partial charge >= 0.3 is 0 Å². The minimum absolute atomic E-state index is 0.0117. The van der Waals surface area contributed by atoms with Crippen molar-refractivity contribution in [2.75, 3.05) is 37.6 Å². The molecule has 3 heterocycles. The van der Waals surface area contributed by atoms with Gasteiger partial charge in [-0.2, -0.15) is 0 Å². The van der Waals surface area contributed by atoms with E-state index in [-0.39, 0.29) is 23.3 Å². The number of carbonyl (C=O) groups is 2. The van der Waals surface area contributed by atoms with E-state index in [0.717, 1.165) is 48.9 Å². The Bertz CT molecular complexity index is 913. The van der Waals surface area contributed by atoms with Gasteiger partial charge in [0.05, 0.1) is 23.2 Å². The van der Waals surface area contributed by atoms with Crippen LogP contribution in [0.5, 0.6) is 0 Å². The number of benzene rings is 1. The third kappa shape index (κ3) is 4.99. The second kappa shape index (κ2) is 9.09. The fourth-order valence-electron chi connectivity index (χ4n) is 4.34. The van der Waals surface area contributed by atoms with Gasteiger partial charge in [-0.1, -0.05) is 39.0 Å². The van der Waals surface area contributed by atoms with Crippen LogP contribution in [0.2, 0.25) is 0 Å². The van der Waals surface area contributed by atoms with Crippen LogP contribution in [0.4, 0.5) is 5.69 Å². The molecule has 2 aromatic rings. The van der Waals surface area contributed by atoms with Crippen LogP contribution < -0.4 is 4.90 Å². The summed E-state index contributed by atoms with van der Waals surface area (Å²) in [4.78, 5) is 36.7. The molecular formula is C24H32N4O2S. The SMILES string of the molecule is CC(C)(C)c1nc(CC(=O)N2CCN([C@@H]3CCCN(c4ccccc4)C3=O)CC2)cs1. The number of nitrogens with zero attached hydrogens (tertiary/aromatic N) is 4. The van der Waals surface area contributed by atoms with E-state index >= 15 is 0 Å². The van der Waals surface area contributed by atoms with Crippen molar-refractivity contribution in [2.24, 2.45) is 0 Å². The van der Waals surface area contributed by atoms with Gasteiger partial charge in [-0.05, 0) is 25.0 Å². The number of anilines is 1. The molecule has 0 saturated carbocycles. The van der Waals surface area contributed by atoms with Crippen LogP contribution in [0.3, 0.4) is 0 Å². The number of amides is 2. The van der Waals surface area contributed by atoms with Gasteiger partial charge in [0.15, 0.2) is 0 Å². The molecule has 31 heavy (non-hydrogen) atoms. The minimum atomic E-state index is -0.0842. The van der Waals surface area contributed by atoms with Crippen LogP contribution in [0.1, 0.15) is 44.3 Å². The predicted octanol–water partition coefficient (Wildman–Crippen LogP) is 3.32. The quantitative estimate of drug-likeness (QED) is 0.732. The van der Waals surface area contributed by atoms with E-state index in [1.165, 1.54) is 0 Å². The zero-order chi connectivity index (χ0) is 22.0. The fraction of sp³-hybridized carbons (Fsp3) is 0.542. The first-order chi connectivity index (χ1) is 14.8. The number of thiazole rings is 1. The van der Waals surface area contributed by atoms with Crippen molar-refractivity contribution in [1.29, 1.82) is 0 Å². The lowest BCUT2D eigenvalue weighted by Gasteiger charge is -2.42. The zero-order valence-electron chi connectivity index (χ0n) is 18.7. The molecule has 2 fully saturated rings. The maximum atomic E-state index is 13.2. The lowest BCUT2D eigenvalue weighted by Crippen LogP contribution is -2.58. The van der Waals surface area contributed by atoms with Crippen LogP contribution in [0.15, 0.2) is 35.7 Å². The summed E-state index contributed by atoms with van der Waals surface area (Å²) in [6.07, 6.45) is 2.26. The van der Waals surface area contributed by atoms with E-state index < -0.39 is 0 Å². The highest BCUT2D eigenvalue weighted by Crippen LogP contribution is 2.27. The molecule has 6 nitrogen and oxygen atoms in total. The molecule has 0 spiro atoms. The smallest absolute Gasteiger partial charge is 0.244 e. The molecule has 2 aliphatic heterocycles. The number of hydrogen-bond donors (Lipinski definition) is 0. The van der Waals surface area contributed by atoms with Gasteiger partial charge < -0.3 is 9.80 Å². The Labute approximate surface area is 188 Å². The largest absolute Gasteiger partial charge is 0.340 e. The molecule has 4 rings (SSSR count). The molecule has 2 amide bonds. The first-order valence-electron chi connectivity index (χ1n) is 11.2. The van der Waals surface area contributed by atoms with Crippen molar-refractivity contribution < 1.29 is 9.59 Å². The number of piperidine rings is 1. The van der Waals surface area contributed by atoms with Crippen LogP contribution in [0, 0.1) is 0 Å². The topological polar surface area (TPSA) is 56.8 Å². The minimum Gasteiger partial charge on any atom is -0.340 e. The Balaban J connectivity index is 1.32. The van der Waals surface area contributed by atoms with Crippen LogP contribution >= 0.6 is 11.3 Å². The van der Waals surface area contributed by atoms with E-state index in [9.17, 15) is 9.59 Å². The highest BCUT2D eigenvalue weighted by atomic mass is 32.1. The summed E-state index contributed by atoms with van der Waals surface area (Å²) in [6, 6.07) is 9.84. The molecule has 0 N–H and O–H groups in total. The summed E-state index contributed by atoms with van der Waals surface area (Å²) in [5.74, 6) is 0.320. The summed E-state index contributed by atoms with van der Waals surface area (Å²) in [5, 5.41) is 3.08. The molecule has 1 aromatic carbocycles. The molecule has 7 heteroatoms. The Morgan fingerprint density at radius 3 is 2.45 bits per heavy atom. The summed E-state index contributed by atoms with van der Waals surface area (Å²) < 4.78 is 0. The average Bonchev–Trinajstić information content (AvgIpc) is 3.24. The van der Waals surface area contributed by atoms with E-state index in [0.29, 0.717) is 19.5 Å². The summed E-state index contributed by atoms with van der Waals surface area (Å²) in [7, 11) is 0. The third-order valence-corrected chi connectivity index (χ3v) is 7.43. The van der Waals surface area contributed by atoms with Gasteiger partial charge in [0.1, 0.15) is 0 Å². The molecule has 0 unspecified atom stereocenters. The van der Waals surface area contributed by atoms with Crippen molar-refractivity contribution in [2.45, 2.75) is 51.5 Å². The zero-order valence-corrected chi connectivity index (χ0v) is 19.5. The van der Waals surface area contributed by atoms with E-state index in [4.69, 9.17) is 0 Å². The number of rotatable bonds is 4. The van der Waals surface area contributed by atoms with Crippen LogP contribution in [-0.4, -0.2) is 65.4 Å². The lowest BCUT2D eigenvalue weighted by molar-refractivity contribution is -0.133. The van der Waals surface area contributed by atoms with E-state index in [2.05, 4.69) is 30.7 Å². The van der Waals surface area contributed by atoms with Crippen molar-refractivity contribution >= 4 is 28.8 Å². The number of aromatic nitrogens is 1. The average molecular weight is 441 g/mol. The maximum absolute atomic E-state index is 13.2.